The third kappa shape index (κ3) is 1.17. The summed E-state index contributed by atoms with van der Waals surface area (Å²) in [5.74, 6) is 0. The summed E-state index contributed by atoms with van der Waals surface area (Å²) >= 11 is 5.91. The lowest BCUT2D eigenvalue weighted by molar-refractivity contribution is 1.26. The van der Waals surface area contributed by atoms with Gasteiger partial charge in [-0.05, 0) is 12.1 Å². The molecule has 2 rings (SSSR count). The van der Waals surface area contributed by atoms with E-state index >= 15 is 0 Å². The van der Waals surface area contributed by atoms with Crippen molar-refractivity contribution in [1.29, 1.82) is 5.26 Å². The molecule has 0 aliphatic carbocycles. The van der Waals surface area contributed by atoms with Crippen molar-refractivity contribution < 1.29 is 0 Å². The Labute approximate surface area is 84.6 Å². The molecule has 0 saturated carbocycles. The number of aromatic nitrogens is 1. The summed E-state index contributed by atoms with van der Waals surface area (Å²) < 4.78 is 0. The summed E-state index contributed by atoms with van der Waals surface area (Å²) in [6.07, 6.45) is 1.37. The fourth-order valence-electron chi connectivity index (χ4n) is 1.36. The van der Waals surface area contributed by atoms with E-state index in [1.54, 1.807) is 18.2 Å². The second-order valence-electron chi connectivity index (χ2n) is 2.81. The number of halogens is 1. The second-order valence-corrected chi connectivity index (χ2v) is 3.21. The van der Waals surface area contributed by atoms with Gasteiger partial charge < -0.3 is 4.98 Å². The lowest BCUT2D eigenvalue weighted by atomic mass is 10.1. The van der Waals surface area contributed by atoms with Crippen molar-refractivity contribution in [3.05, 3.63) is 45.3 Å². The summed E-state index contributed by atoms with van der Waals surface area (Å²) in [6, 6.07) is 6.96. The summed E-state index contributed by atoms with van der Waals surface area (Å²) in [5, 5.41) is 10.2. The van der Waals surface area contributed by atoms with E-state index in [9.17, 15) is 4.79 Å². The van der Waals surface area contributed by atoms with E-state index < -0.39 is 0 Å². The minimum absolute atomic E-state index is 0.235. The molecule has 0 atom stereocenters. The number of aromatic amines is 1. The van der Waals surface area contributed by atoms with Crippen LogP contribution in [0.15, 0.2) is 29.2 Å². The van der Waals surface area contributed by atoms with Gasteiger partial charge >= 0.3 is 0 Å². The predicted molar refractivity (Wildman–Crippen MR) is 54.3 cm³/mol. The van der Waals surface area contributed by atoms with Gasteiger partial charge in [0.25, 0.3) is 5.56 Å². The van der Waals surface area contributed by atoms with E-state index in [0.29, 0.717) is 21.4 Å². The highest BCUT2D eigenvalue weighted by molar-refractivity contribution is 6.35. The van der Waals surface area contributed by atoms with Crippen molar-refractivity contribution in [2.45, 2.75) is 0 Å². The van der Waals surface area contributed by atoms with Gasteiger partial charge in [0.15, 0.2) is 0 Å². The van der Waals surface area contributed by atoms with Gasteiger partial charge in [-0.15, -0.1) is 0 Å². The van der Waals surface area contributed by atoms with E-state index in [0.717, 1.165) is 0 Å². The Kier molecular flexibility index (Phi) is 1.99. The highest BCUT2D eigenvalue weighted by atomic mass is 35.5. The van der Waals surface area contributed by atoms with Gasteiger partial charge in [0.2, 0.25) is 0 Å². The Hall–Kier alpha value is -1.79. The van der Waals surface area contributed by atoms with Crippen LogP contribution in [0.5, 0.6) is 0 Å². The van der Waals surface area contributed by atoms with Gasteiger partial charge in [0.1, 0.15) is 6.07 Å². The first kappa shape index (κ1) is 8.79. The summed E-state index contributed by atoms with van der Waals surface area (Å²) in [6.45, 7) is 0. The quantitative estimate of drug-likeness (QED) is 0.714. The molecule has 0 saturated heterocycles. The number of rotatable bonds is 0. The Balaban J connectivity index is 3.09. The van der Waals surface area contributed by atoms with Gasteiger partial charge in [0, 0.05) is 22.0 Å². The second kappa shape index (κ2) is 3.17. The Morgan fingerprint density at radius 2 is 2.21 bits per heavy atom. The molecule has 2 aromatic rings. The fourth-order valence-corrected chi connectivity index (χ4v) is 1.64. The third-order valence-electron chi connectivity index (χ3n) is 2.00. The van der Waals surface area contributed by atoms with Crippen LogP contribution in [0.1, 0.15) is 5.56 Å². The number of pyridine rings is 1. The number of benzene rings is 1. The van der Waals surface area contributed by atoms with Crippen LogP contribution in [-0.4, -0.2) is 4.98 Å². The maximum absolute atomic E-state index is 11.4. The van der Waals surface area contributed by atoms with Crippen molar-refractivity contribution in [1.82, 2.24) is 4.98 Å². The lowest BCUT2D eigenvalue weighted by Crippen LogP contribution is -2.06. The molecule has 1 aromatic heterocycles. The first-order valence-electron chi connectivity index (χ1n) is 3.94. The molecule has 0 amide bonds. The van der Waals surface area contributed by atoms with Gasteiger partial charge in [-0.2, -0.15) is 5.26 Å². The van der Waals surface area contributed by atoms with Gasteiger partial charge in [-0.3, -0.25) is 4.79 Å². The smallest absolute Gasteiger partial charge is 0.255 e. The fraction of sp³-hybridized carbons (Fsp3) is 0. The van der Waals surface area contributed by atoms with Crippen LogP contribution in [0.3, 0.4) is 0 Å². The van der Waals surface area contributed by atoms with Crippen LogP contribution < -0.4 is 5.56 Å². The molecule has 0 unspecified atom stereocenters. The molecular formula is C10H5ClN2O. The number of fused-ring (bicyclic) bond motifs is 1. The predicted octanol–water partition coefficient (Wildman–Crippen LogP) is 2.05. The van der Waals surface area contributed by atoms with Crippen LogP contribution in [0.4, 0.5) is 0 Å². The van der Waals surface area contributed by atoms with E-state index in [1.807, 2.05) is 6.07 Å². The van der Waals surface area contributed by atoms with Crippen LogP contribution in [0.2, 0.25) is 5.02 Å². The normalized spacial score (nSPS) is 10.0. The molecule has 1 N–H and O–H groups in total. The molecule has 0 aliphatic heterocycles. The standard InChI is InChI=1S/C10H5ClN2O/c11-8-3-1-2-7-9(8)6(4-12)5-13-10(7)14/h1-3,5H,(H,13,14). The molecule has 0 radical (unpaired) electrons. The average molecular weight is 205 g/mol. The highest BCUT2D eigenvalue weighted by Crippen LogP contribution is 2.23. The van der Waals surface area contributed by atoms with Crippen molar-refractivity contribution in [3.63, 3.8) is 0 Å². The summed E-state index contributed by atoms with van der Waals surface area (Å²) in [7, 11) is 0. The average Bonchev–Trinajstić information content (AvgIpc) is 2.20. The Bertz CT molecular complexity index is 595. The molecular weight excluding hydrogens is 200 g/mol. The number of nitrogens with one attached hydrogen (secondary N) is 1. The molecule has 0 bridgehead atoms. The first-order chi connectivity index (χ1) is 6.74. The monoisotopic (exact) mass is 204 g/mol. The SMILES string of the molecule is N#Cc1c[nH]c(=O)c2cccc(Cl)c12. The number of hydrogen-bond acceptors (Lipinski definition) is 2. The van der Waals surface area contributed by atoms with Gasteiger partial charge in [-0.1, -0.05) is 17.7 Å². The zero-order valence-corrected chi connectivity index (χ0v) is 7.80. The maximum Gasteiger partial charge on any atom is 0.255 e. The largest absolute Gasteiger partial charge is 0.327 e. The highest BCUT2D eigenvalue weighted by Gasteiger charge is 2.06. The van der Waals surface area contributed by atoms with Crippen molar-refractivity contribution in [2.75, 3.05) is 0 Å². The molecule has 0 spiro atoms. The molecule has 68 valence electrons. The zero-order chi connectivity index (χ0) is 10.1. The first-order valence-corrected chi connectivity index (χ1v) is 4.32. The number of H-pyrrole nitrogens is 1. The van der Waals surface area contributed by atoms with Crippen molar-refractivity contribution in [3.8, 4) is 6.07 Å². The molecule has 14 heavy (non-hydrogen) atoms. The maximum atomic E-state index is 11.4. The third-order valence-corrected chi connectivity index (χ3v) is 2.31. The minimum atomic E-state index is -0.235. The Morgan fingerprint density at radius 1 is 1.43 bits per heavy atom. The number of hydrogen-bond donors (Lipinski definition) is 1. The van der Waals surface area contributed by atoms with Gasteiger partial charge in [-0.25, -0.2) is 0 Å². The van der Waals surface area contributed by atoms with E-state index in [4.69, 9.17) is 16.9 Å². The molecule has 1 heterocycles. The van der Waals surface area contributed by atoms with Crippen molar-refractivity contribution in [2.24, 2.45) is 0 Å². The van der Waals surface area contributed by atoms with Gasteiger partial charge in [0.05, 0.1) is 5.56 Å². The molecule has 4 heteroatoms. The van der Waals surface area contributed by atoms with Crippen LogP contribution in [-0.2, 0) is 0 Å². The lowest BCUT2D eigenvalue weighted by Gasteiger charge is -2.00. The molecule has 0 aliphatic rings. The molecule has 1 aromatic carbocycles. The van der Waals surface area contributed by atoms with E-state index in [-0.39, 0.29) is 5.56 Å². The van der Waals surface area contributed by atoms with Crippen molar-refractivity contribution >= 4 is 22.4 Å². The van der Waals surface area contributed by atoms with Crippen LogP contribution in [0, 0.1) is 11.3 Å². The van der Waals surface area contributed by atoms with Crippen LogP contribution in [0.25, 0.3) is 10.8 Å². The summed E-state index contributed by atoms with van der Waals surface area (Å²) in [5.41, 5.74) is 0.145. The zero-order valence-electron chi connectivity index (χ0n) is 7.04. The topological polar surface area (TPSA) is 56.6 Å². The molecule has 0 fully saturated rings. The number of nitrogens with zero attached hydrogens (tertiary/aromatic N) is 1. The summed E-state index contributed by atoms with van der Waals surface area (Å²) in [4.78, 5) is 13.9. The minimum Gasteiger partial charge on any atom is -0.327 e. The number of nitriles is 1. The molecule has 3 nitrogen and oxygen atoms in total. The van der Waals surface area contributed by atoms with Crippen LogP contribution >= 0.6 is 11.6 Å². The van der Waals surface area contributed by atoms with E-state index in [2.05, 4.69) is 4.98 Å². The van der Waals surface area contributed by atoms with E-state index in [1.165, 1.54) is 6.20 Å². The Morgan fingerprint density at radius 3 is 2.93 bits per heavy atom.